The first-order chi connectivity index (χ1) is 8.13. The van der Waals surface area contributed by atoms with Crippen LogP contribution in [0.15, 0.2) is 0 Å². The highest BCUT2D eigenvalue weighted by atomic mass is 15.3. The summed E-state index contributed by atoms with van der Waals surface area (Å²) in [6, 6.07) is 0.826. The molecule has 0 spiro atoms. The summed E-state index contributed by atoms with van der Waals surface area (Å²) in [5.41, 5.74) is 7.62. The lowest BCUT2D eigenvalue weighted by molar-refractivity contribution is 0.289. The van der Waals surface area contributed by atoms with E-state index in [1.807, 2.05) is 18.7 Å². The summed E-state index contributed by atoms with van der Waals surface area (Å²) < 4.78 is 1.82. The number of nitrogen functional groups attached to an aromatic ring is 1. The number of aromatic nitrogens is 2. The lowest BCUT2D eigenvalue weighted by Crippen LogP contribution is -2.31. The van der Waals surface area contributed by atoms with E-state index >= 15 is 0 Å². The van der Waals surface area contributed by atoms with Crippen LogP contribution in [0, 0.1) is 6.92 Å². The van der Waals surface area contributed by atoms with Gasteiger partial charge in [-0.25, -0.2) is 0 Å². The third kappa shape index (κ3) is 2.72. The molecule has 1 aliphatic carbocycles. The lowest BCUT2D eigenvalue weighted by atomic mass is 10.4. The van der Waals surface area contributed by atoms with E-state index < -0.39 is 0 Å². The Kier molecular flexibility index (Phi) is 3.57. The minimum Gasteiger partial charge on any atom is -0.394 e. The molecule has 17 heavy (non-hydrogen) atoms. The van der Waals surface area contributed by atoms with Gasteiger partial charge in [0, 0.05) is 26.2 Å². The number of nitrogens with two attached hydrogens (primary N) is 1. The molecule has 1 aromatic heterocycles. The minimum atomic E-state index is 0.766. The van der Waals surface area contributed by atoms with Crippen LogP contribution < -0.4 is 11.1 Å². The Morgan fingerprint density at radius 2 is 2.24 bits per heavy atom. The van der Waals surface area contributed by atoms with Crippen LogP contribution in [0.4, 0.5) is 11.5 Å². The van der Waals surface area contributed by atoms with Crippen LogP contribution in [0.1, 0.15) is 25.5 Å². The number of anilines is 2. The van der Waals surface area contributed by atoms with Crippen LogP contribution >= 0.6 is 0 Å². The van der Waals surface area contributed by atoms with E-state index in [9.17, 15) is 0 Å². The van der Waals surface area contributed by atoms with Gasteiger partial charge < -0.3 is 11.1 Å². The molecule has 5 nitrogen and oxygen atoms in total. The van der Waals surface area contributed by atoms with Gasteiger partial charge in [0.05, 0.1) is 11.4 Å². The van der Waals surface area contributed by atoms with E-state index in [0.29, 0.717) is 0 Å². The van der Waals surface area contributed by atoms with Crippen molar-refractivity contribution in [1.82, 2.24) is 14.7 Å². The normalized spacial score (nSPS) is 15.5. The van der Waals surface area contributed by atoms with E-state index in [-0.39, 0.29) is 0 Å². The molecule has 0 saturated heterocycles. The molecule has 0 aromatic carbocycles. The van der Waals surface area contributed by atoms with Crippen molar-refractivity contribution in [2.24, 2.45) is 7.05 Å². The first-order valence-electron chi connectivity index (χ1n) is 6.40. The molecule has 1 aromatic rings. The average Bonchev–Trinajstić information content (AvgIpc) is 3.08. The quantitative estimate of drug-likeness (QED) is 0.780. The second-order valence-corrected chi connectivity index (χ2v) is 4.76. The fourth-order valence-electron chi connectivity index (χ4n) is 2.24. The van der Waals surface area contributed by atoms with Crippen molar-refractivity contribution < 1.29 is 0 Å². The van der Waals surface area contributed by atoms with E-state index in [1.54, 1.807) is 0 Å². The average molecular weight is 237 g/mol. The number of nitrogens with zero attached hydrogens (tertiary/aromatic N) is 3. The zero-order chi connectivity index (χ0) is 12.4. The molecule has 0 aliphatic heterocycles. The van der Waals surface area contributed by atoms with Gasteiger partial charge in [-0.2, -0.15) is 5.10 Å². The summed E-state index contributed by atoms with van der Waals surface area (Å²) in [7, 11) is 1.92. The third-order valence-corrected chi connectivity index (χ3v) is 3.43. The first kappa shape index (κ1) is 12.2. The van der Waals surface area contributed by atoms with Gasteiger partial charge in [-0.15, -0.1) is 0 Å². The Labute approximate surface area is 103 Å². The molecule has 3 N–H and O–H groups in total. The molecule has 2 rings (SSSR count). The van der Waals surface area contributed by atoms with Gasteiger partial charge in [0.25, 0.3) is 0 Å². The Morgan fingerprint density at radius 1 is 1.53 bits per heavy atom. The monoisotopic (exact) mass is 237 g/mol. The number of likely N-dealkylation sites (N-methyl/N-ethyl adjacent to an activating group) is 1. The molecule has 0 unspecified atom stereocenters. The molecule has 96 valence electrons. The van der Waals surface area contributed by atoms with Gasteiger partial charge in [-0.1, -0.05) is 6.92 Å². The lowest BCUT2D eigenvalue weighted by Gasteiger charge is -2.20. The zero-order valence-electron chi connectivity index (χ0n) is 11.0. The Hall–Kier alpha value is -1.23. The van der Waals surface area contributed by atoms with Gasteiger partial charge in [0.15, 0.2) is 0 Å². The topological polar surface area (TPSA) is 59.1 Å². The maximum atomic E-state index is 5.97. The fraction of sp³-hybridized carbons (Fsp3) is 0.750. The summed E-state index contributed by atoms with van der Waals surface area (Å²) >= 11 is 0. The van der Waals surface area contributed by atoms with Gasteiger partial charge >= 0.3 is 0 Å². The van der Waals surface area contributed by atoms with E-state index in [2.05, 4.69) is 22.2 Å². The molecule has 1 heterocycles. The predicted octanol–water partition coefficient (Wildman–Crippen LogP) is 1.21. The second kappa shape index (κ2) is 4.96. The van der Waals surface area contributed by atoms with Crippen LogP contribution in [0.5, 0.6) is 0 Å². The molecule has 1 saturated carbocycles. The molecule has 1 fully saturated rings. The molecular formula is C12H23N5. The summed E-state index contributed by atoms with van der Waals surface area (Å²) in [4.78, 5) is 2.52. The minimum absolute atomic E-state index is 0.766. The summed E-state index contributed by atoms with van der Waals surface area (Å²) in [5, 5.41) is 7.67. The van der Waals surface area contributed by atoms with E-state index in [1.165, 1.54) is 12.8 Å². The van der Waals surface area contributed by atoms with Gasteiger partial charge in [-0.3, -0.25) is 9.58 Å². The Balaban J connectivity index is 1.84. The predicted molar refractivity (Wildman–Crippen MR) is 71.1 cm³/mol. The van der Waals surface area contributed by atoms with Gasteiger partial charge in [-0.05, 0) is 26.3 Å². The molecule has 0 atom stereocenters. The Morgan fingerprint density at radius 3 is 2.71 bits per heavy atom. The highest BCUT2D eigenvalue weighted by Gasteiger charge is 2.27. The Bertz CT molecular complexity index is 380. The number of hydrogen-bond donors (Lipinski definition) is 2. The number of aryl methyl sites for hydroxylation is 2. The van der Waals surface area contributed by atoms with Crippen molar-refractivity contribution in [3.05, 3.63) is 5.69 Å². The van der Waals surface area contributed by atoms with Crippen molar-refractivity contribution in [2.75, 3.05) is 30.7 Å². The summed E-state index contributed by atoms with van der Waals surface area (Å²) in [5.74, 6) is 0.939. The van der Waals surface area contributed by atoms with Crippen LogP contribution in [-0.4, -0.2) is 40.4 Å². The van der Waals surface area contributed by atoms with Gasteiger partial charge in [0.2, 0.25) is 0 Å². The van der Waals surface area contributed by atoms with E-state index in [4.69, 9.17) is 5.73 Å². The van der Waals surface area contributed by atoms with Crippen LogP contribution in [0.2, 0.25) is 0 Å². The molecule has 0 amide bonds. The smallest absolute Gasteiger partial charge is 0.147 e. The molecule has 0 bridgehead atoms. The highest BCUT2D eigenvalue weighted by Crippen LogP contribution is 2.26. The molecule has 1 aliphatic rings. The molecule has 5 heteroatoms. The standard InChI is InChI=1S/C12H23N5/c1-4-17(10-5-6-10)8-7-14-12-11(13)9(2)15-16(12)3/h10,14H,4-8,13H2,1-3H3. The second-order valence-electron chi connectivity index (χ2n) is 4.76. The van der Waals surface area contributed by atoms with Crippen molar-refractivity contribution in [3.8, 4) is 0 Å². The van der Waals surface area contributed by atoms with Crippen molar-refractivity contribution in [3.63, 3.8) is 0 Å². The largest absolute Gasteiger partial charge is 0.394 e. The van der Waals surface area contributed by atoms with E-state index in [0.717, 1.165) is 42.9 Å². The third-order valence-electron chi connectivity index (χ3n) is 3.43. The zero-order valence-corrected chi connectivity index (χ0v) is 11.0. The first-order valence-corrected chi connectivity index (χ1v) is 6.40. The maximum Gasteiger partial charge on any atom is 0.147 e. The summed E-state index contributed by atoms with van der Waals surface area (Å²) in [6.45, 7) is 7.29. The van der Waals surface area contributed by atoms with Crippen molar-refractivity contribution >= 4 is 11.5 Å². The fourth-order valence-corrected chi connectivity index (χ4v) is 2.24. The van der Waals surface area contributed by atoms with Crippen molar-refractivity contribution in [1.29, 1.82) is 0 Å². The van der Waals surface area contributed by atoms with Crippen molar-refractivity contribution in [2.45, 2.75) is 32.7 Å². The number of rotatable bonds is 6. The van der Waals surface area contributed by atoms with Crippen LogP contribution in [0.3, 0.4) is 0 Å². The SMILES string of the molecule is CCN(CCNc1c(N)c(C)nn1C)C1CC1. The molecule has 0 radical (unpaired) electrons. The highest BCUT2D eigenvalue weighted by molar-refractivity contribution is 5.64. The summed E-state index contributed by atoms with van der Waals surface area (Å²) in [6.07, 6.45) is 2.72. The van der Waals surface area contributed by atoms with Gasteiger partial charge in [0.1, 0.15) is 5.82 Å². The van der Waals surface area contributed by atoms with Crippen LogP contribution in [0.25, 0.3) is 0 Å². The number of hydrogen-bond acceptors (Lipinski definition) is 4. The number of nitrogens with one attached hydrogen (secondary N) is 1. The molecular weight excluding hydrogens is 214 g/mol. The maximum absolute atomic E-state index is 5.97. The van der Waals surface area contributed by atoms with Crippen LogP contribution in [-0.2, 0) is 7.05 Å².